The molecule has 0 bridgehead atoms. The average Bonchev–Trinajstić information content (AvgIpc) is 2.93. The Balaban J connectivity index is 1.96. The highest BCUT2D eigenvalue weighted by atomic mass is 79.9. The second-order valence-corrected chi connectivity index (χ2v) is 5.99. The maximum Gasteiger partial charge on any atom is 0.138 e. The van der Waals surface area contributed by atoms with Gasteiger partial charge in [-0.2, -0.15) is 0 Å². The fourth-order valence-corrected chi connectivity index (χ4v) is 3.13. The molecule has 0 amide bonds. The maximum absolute atomic E-state index is 6.07. The van der Waals surface area contributed by atoms with E-state index in [1.54, 1.807) is 0 Å². The van der Waals surface area contributed by atoms with Gasteiger partial charge < -0.3 is 10.1 Å². The summed E-state index contributed by atoms with van der Waals surface area (Å²) in [5, 5.41) is 3.56. The van der Waals surface area contributed by atoms with Crippen molar-refractivity contribution in [3.8, 4) is 5.75 Å². The van der Waals surface area contributed by atoms with Gasteiger partial charge in [-0.25, -0.2) is 0 Å². The van der Waals surface area contributed by atoms with Crippen molar-refractivity contribution in [3.63, 3.8) is 0 Å². The molecule has 1 N–H and O–H groups in total. The largest absolute Gasteiger partial charge is 0.489 e. The minimum Gasteiger partial charge on any atom is -0.489 e. The third-order valence-corrected chi connectivity index (χ3v) is 4.05. The number of halogens is 1. The van der Waals surface area contributed by atoms with E-state index >= 15 is 0 Å². The van der Waals surface area contributed by atoms with Crippen molar-refractivity contribution >= 4 is 15.9 Å². The topological polar surface area (TPSA) is 21.3 Å². The highest BCUT2D eigenvalue weighted by Gasteiger charge is 2.28. The molecule has 1 aromatic rings. The van der Waals surface area contributed by atoms with Crippen LogP contribution in [0.1, 0.15) is 42.9 Å². The summed E-state index contributed by atoms with van der Waals surface area (Å²) in [5.41, 5.74) is 2.63. The van der Waals surface area contributed by atoms with E-state index < -0.39 is 0 Å². The molecule has 1 saturated heterocycles. The predicted molar refractivity (Wildman–Crippen MR) is 72.5 cm³/mol. The maximum atomic E-state index is 6.07. The summed E-state index contributed by atoms with van der Waals surface area (Å²) in [6.07, 6.45) is 5.35. The van der Waals surface area contributed by atoms with Crippen molar-refractivity contribution < 1.29 is 4.74 Å². The van der Waals surface area contributed by atoms with Crippen LogP contribution in [0.2, 0.25) is 0 Å². The van der Waals surface area contributed by atoms with Crippen LogP contribution in [0.3, 0.4) is 0 Å². The van der Waals surface area contributed by atoms with E-state index in [2.05, 4.69) is 40.3 Å². The zero-order valence-electron chi connectivity index (χ0n) is 10.1. The van der Waals surface area contributed by atoms with Crippen LogP contribution >= 0.6 is 15.9 Å². The van der Waals surface area contributed by atoms with E-state index in [0.29, 0.717) is 12.1 Å². The van der Waals surface area contributed by atoms with Crippen molar-refractivity contribution in [1.82, 2.24) is 5.32 Å². The van der Waals surface area contributed by atoms with Gasteiger partial charge in [-0.15, -0.1) is 0 Å². The van der Waals surface area contributed by atoms with Crippen molar-refractivity contribution in [3.05, 3.63) is 27.7 Å². The number of ether oxygens (including phenoxy) is 1. The Morgan fingerprint density at radius 3 is 2.76 bits per heavy atom. The average molecular weight is 296 g/mol. The standard InChI is InChI=1S/C14H18BrNO/c1-9-7-11(13-3-2-6-16-13)14(12(15)8-9)17-10-4-5-10/h7-8,10,13,16H,2-6H2,1H3. The Morgan fingerprint density at radius 2 is 2.12 bits per heavy atom. The summed E-state index contributed by atoms with van der Waals surface area (Å²) in [5.74, 6) is 1.07. The Kier molecular flexibility index (Phi) is 3.14. The molecular weight excluding hydrogens is 278 g/mol. The van der Waals surface area contributed by atoms with Gasteiger partial charge in [0.15, 0.2) is 0 Å². The van der Waals surface area contributed by atoms with E-state index in [0.717, 1.165) is 16.8 Å². The van der Waals surface area contributed by atoms with Crippen LogP contribution in [0, 0.1) is 6.92 Å². The van der Waals surface area contributed by atoms with E-state index in [9.17, 15) is 0 Å². The number of benzene rings is 1. The zero-order chi connectivity index (χ0) is 11.8. The first-order chi connectivity index (χ1) is 8.24. The van der Waals surface area contributed by atoms with Gasteiger partial charge in [0, 0.05) is 11.6 Å². The van der Waals surface area contributed by atoms with Crippen LogP contribution in [0.4, 0.5) is 0 Å². The summed E-state index contributed by atoms with van der Waals surface area (Å²) in [7, 11) is 0. The van der Waals surface area contributed by atoms with E-state index in [-0.39, 0.29) is 0 Å². The highest BCUT2D eigenvalue weighted by molar-refractivity contribution is 9.10. The first-order valence-electron chi connectivity index (χ1n) is 6.44. The van der Waals surface area contributed by atoms with Crippen LogP contribution < -0.4 is 10.1 Å². The quantitative estimate of drug-likeness (QED) is 0.918. The molecule has 17 heavy (non-hydrogen) atoms. The molecule has 2 nitrogen and oxygen atoms in total. The van der Waals surface area contributed by atoms with Gasteiger partial charge in [-0.3, -0.25) is 0 Å². The van der Waals surface area contributed by atoms with Gasteiger partial charge in [-0.05, 0) is 66.7 Å². The van der Waals surface area contributed by atoms with Crippen LogP contribution in [0.25, 0.3) is 0 Å². The van der Waals surface area contributed by atoms with E-state index in [1.807, 2.05) is 0 Å². The molecule has 0 spiro atoms. The van der Waals surface area contributed by atoms with E-state index in [4.69, 9.17) is 4.74 Å². The van der Waals surface area contributed by atoms with Crippen LogP contribution in [0.5, 0.6) is 5.75 Å². The lowest BCUT2D eigenvalue weighted by Gasteiger charge is -2.19. The molecule has 3 heteroatoms. The number of aryl methyl sites for hydroxylation is 1. The molecule has 1 aliphatic heterocycles. The van der Waals surface area contributed by atoms with Crippen molar-refractivity contribution in [2.75, 3.05) is 6.54 Å². The smallest absolute Gasteiger partial charge is 0.138 e. The van der Waals surface area contributed by atoms with E-state index in [1.165, 1.54) is 36.8 Å². The molecule has 2 fully saturated rings. The molecule has 0 aromatic heterocycles. The lowest BCUT2D eigenvalue weighted by Crippen LogP contribution is -2.15. The first-order valence-corrected chi connectivity index (χ1v) is 7.23. The SMILES string of the molecule is Cc1cc(Br)c(OC2CC2)c(C2CCCN2)c1. The summed E-state index contributed by atoms with van der Waals surface area (Å²) in [6, 6.07) is 4.89. The van der Waals surface area contributed by atoms with Gasteiger partial charge in [0.05, 0.1) is 10.6 Å². The van der Waals surface area contributed by atoms with Crippen molar-refractivity contribution in [1.29, 1.82) is 0 Å². The van der Waals surface area contributed by atoms with Crippen LogP contribution in [0.15, 0.2) is 16.6 Å². The minimum atomic E-state index is 0.453. The highest BCUT2D eigenvalue weighted by Crippen LogP contribution is 2.40. The fourth-order valence-electron chi connectivity index (χ4n) is 2.44. The first kappa shape index (κ1) is 11.5. The molecule has 3 rings (SSSR count). The van der Waals surface area contributed by atoms with Gasteiger partial charge in [-0.1, -0.05) is 6.07 Å². The monoisotopic (exact) mass is 295 g/mol. The van der Waals surface area contributed by atoms with Gasteiger partial charge in [0.25, 0.3) is 0 Å². The van der Waals surface area contributed by atoms with Crippen LogP contribution in [-0.2, 0) is 0 Å². The fraction of sp³-hybridized carbons (Fsp3) is 0.571. The number of hydrogen-bond acceptors (Lipinski definition) is 2. The van der Waals surface area contributed by atoms with Crippen LogP contribution in [-0.4, -0.2) is 12.6 Å². The van der Waals surface area contributed by atoms with Crippen molar-refractivity contribution in [2.24, 2.45) is 0 Å². The Labute approximate surface area is 111 Å². The number of hydrogen-bond donors (Lipinski definition) is 1. The second kappa shape index (κ2) is 4.62. The summed E-state index contributed by atoms with van der Waals surface area (Å²) in [4.78, 5) is 0. The zero-order valence-corrected chi connectivity index (χ0v) is 11.7. The lowest BCUT2D eigenvalue weighted by atomic mass is 10.0. The van der Waals surface area contributed by atoms with Crippen molar-refractivity contribution in [2.45, 2.75) is 44.8 Å². The number of rotatable bonds is 3. The summed E-state index contributed by atoms with van der Waals surface area (Å²) >= 11 is 3.65. The summed E-state index contributed by atoms with van der Waals surface area (Å²) < 4.78 is 7.17. The molecular formula is C14H18BrNO. The molecule has 1 aliphatic carbocycles. The molecule has 1 saturated carbocycles. The van der Waals surface area contributed by atoms with Gasteiger partial charge >= 0.3 is 0 Å². The number of nitrogens with one attached hydrogen (secondary N) is 1. The molecule has 2 aliphatic rings. The Morgan fingerprint density at radius 1 is 1.29 bits per heavy atom. The Bertz CT molecular complexity index is 422. The molecule has 1 heterocycles. The molecule has 1 atom stereocenters. The molecule has 92 valence electrons. The summed E-state index contributed by atoms with van der Waals surface area (Å²) in [6.45, 7) is 3.27. The Hall–Kier alpha value is -0.540. The molecule has 1 aromatic carbocycles. The third kappa shape index (κ3) is 2.50. The lowest BCUT2D eigenvalue weighted by molar-refractivity contribution is 0.295. The normalized spacial score (nSPS) is 24.0. The minimum absolute atomic E-state index is 0.453. The second-order valence-electron chi connectivity index (χ2n) is 5.13. The van der Waals surface area contributed by atoms with Gasteiger partial charge in [0.2, 0.25) is 0 Å². The third-order valence-electron chi connectivity index (χ3n) is 3.46. The molecule has 0 radical (unpaired) electrons. The predicted octanol–water partition coefficient (Wildman–Crippen LogP) is 3.72. The molecule has 1 unspecified atom stereocenters. The van der Waals surface area contributed by atoms with Gasteiger partial charge in [0.1, 0.15) is 5.75 Å².